The van der Waals surface area contributed by atoms with Gasteiger partial charge in [-0.1, -0.05) is 25.0 Å². The number of hydrogen-bond acceptors (Lipinski definition) is 3. The molecule has 102 valence electrons. The number of aromatic nitrogens is 2. The molecule has 2 atom stereocenters. The van der Waals surface area contributed by atoms with E-state index in [-0.39, 0.29) is 6.10 Å². The maximum absolute atomic E-state index is 9.99. The molecule has 2 N–H and O–H groups in total. The summed E-state index contributed by atoms with van der Waals surface area (Å²) in [5, 5.41) is 13.4. The maximum Gasteiger partial charge on any atom is 0.203 e. The SMILES string of the molecule is Cn1c(NCC2CCCCC2O)nc2ccccc21. The molecule has 0 amide bonds. The smallest absolute Gasteiger partial charge is 0.203 e. The molecule has 4 heteroatoms. The van der Waals surface area contributed by atoms with Crippen molar-refractivity contribution in [3.63, 3.8) is 0 Å². The van der Waals surface area contributed by atoms with Gasteiger partial charge in [-0.25, -0.2) is 4.98 Å². The zero-order chi connectivity index (χ0) is 13.2. The van der Waals surface area contributed by atoms with Crippen LogP contribution < -0.4 is 5.32 Å². The summed E-state index contributed by atoms with van der Waals surface area (Å²) < 4.78 is 2.07. The molecule has 1 aliphatic carbocycles. The average Bonchev–Trinajstić information content (AvgIpc) is 2.75. The van der Waals surface area contributed by atoms with Crippen LogP contribution in [0, 0.1) is 5.92 Å². The highest BCUT2D eigenvalue weighted by atomic mass is 16.3. The molecule has 2 aromatic rings. The number of aliphatic hydroxyl groups is 1. The molecule has 0 bridgehead atoms. The fourth-order valence-electron chi connectivity index (χ4n) is 2.95. The molecule has 0 radical (unpaired) electrons. The van der Waals surface area contributed by atoms with Crippen LogP contribution >= 0.6 is 0 Å². The standard InChI is InChI=1S/C15H21N3O/c1-18-13-8-4-3-7-12(13)17-15(18)16-10-11-6-2-5-9-14(11)19/h3-4,7-8,11,14,19H,2,5-6,9-10H2,1H3,(H,16,17). The van der Waals surface area contributed by atoms with E-state index in [4.69, 9.17) is 0 Å². The van der Waals surface area contributed by atoms with Crippen molar-refractivity contribution in [3.05, 3.63) is 24.3 Å². The normalized spacial score (nSPS) is 23.7. The van der Waals surface area contributed by atoms with Gasteiger partial charge in [-0.2, -0.15) is 0 Å². The molecule has 1 aromatic heterocycles. The molecule has 1 fully saturated rings. The third-order valence-corrected chi connectivity index (χ3v) is 4.18. The summed E-state index contributed by atoms with van der Waals surface area (Å²) >= 11 is 0. The monoisotopic (exact) mass is 259 g/mol. The maximum atomic E-state index is 9.99. The Kier molecular flexibility index (Phi) is 3.42. The van der Waals surface area contributed by atoms with Crippen LogP contribution in [0.25, 0.3) is 11.0 Å². The van der Waals surface area contributed by atoms with Crippen LogP contribution in [0.4, 0.5) is 5.95 Å². The Morgan fingerprint density at radius 1 is 1.32 bits per heavy atom. The number of fused-ring (bicyclic) bond motifs is 1. The van der Waals surface area contributed by atoms with Gasteiger partial charge >= 0.3 is 0 Å². The number of nitrogens with zero attached hydrogens (tertiary/aromatic N) is 2. The minimum absolute atomic E-state index is 0.157. The summed E-state index contributed by atoms with van der Waals surface area (Å²) in [4.78, 5) is 4.59. The molecule has 0 aliphatic heterocycles. The predicted molar refractivity (Wildman–Crippen MR) is 77.2 cm³/mol. The van der Waals surface area contributed by atoms with Crippen LogP contribution in [0.15, 0.2) is 24.3 Å². The number of hydrogen-bond donors (Lipinski definition) is 2. The first-order valence-electron chi connectivity index (χ1n) is 7.09. The molecular weight excluding hydrogens is 238 g/mol. The third kappa shape index (κ3) is 2.45. The van der Waals surface area contributed by atoms with Crippen LogP contribution in [-0.4, -0.2) is 27.3 Å². The molecular formula is C15H21N3O. The topological polar surface area (TPSA) is 50.1 Å². The number of benzene rings is 1. The first-order chi connectivity index (χ1) is 9.25. The van der Waals surface area contributed by atoms with Gasteiger partial charge < -0.3 is 15.0 Å². The second kappa shape index (κ2) is 5.21. The number of anilines is 1. The molecule has 0 spiro atoms. The third-order valence-electron chi connectivity index (χ3n) is 4.18. The molecule has 1 saturated carbocycles. The molecule has 1 aromatic carbocycles. The van der Waals surface area contributed by atoms with E-state index in [1.807, 2.05) is 25.2 Å². The van der Waals surface area contributed by atoms with E-state index in [0.717, 1.165) is 42.8 Å². The number of rotatable bonds is 3. The molecule has 3 rings (SSSR count). The Bertz CT molecular complexity index is 564. The molecule has 19 heavy (non-hydrogen) atoms. The van der Waals surface area contributed by atoms with E-state index in [1.165, 1.54) is 6.42 Å². The van der Waals surface area contributed by atoms with Crippen molar-refractivity contribution in [2.24, 2.45) is 13.0 Å². The lowest BCUT2D eigenvalue weighted by Gasteiger charge is -2.27. The number of nitrogens with one attached hydrogen (secondary N) is 1. The van der Waals surface area contributed by atoms with Crippen molar-refractivity contribution in [1.82, 2.24) is 9.55 Å². The molecule has 0 saturated heterocycles. The zero-order valence-corrected chi connectivity index (χ0v) is 11.3. The van der Waals surface area contributed by atoms with Crippen molar-refractivity contribution >= 4 is 17.0 Å². The van der Waals surface area contributed by atoms with E-state index >= 15 is 0 Å². The highest BCUT2D eigenvalue weighted by Gasteiger charge is 2.23. The molecule has 2 unspecified atom stereocenters. The van der Waals surface area contributed by atoms with E-state index in [9.17, 15) is 5.11 Å². The van der Waals surface area contributed by atoms with Gasteiger partial charge in [-0.3, -0.25) is 0 Å². The first kappa shape index (κ1) is 12.5. The van der Waals surface area contributed by atoms with Gasteiger partial charge in [0.2, 0.25) is 5.95 Å². The number of aryl methyl sites for hydroxylation is 1. The summed E-state index contributed by atoms with van der Waals surface area (Å²) in [5.41, 5.74) is 2.14. The van der Waals surface area contributed by atoms with Gasteiger partial charge in [0.1, 0.15) is 0 Å². The second-order valence-corrected chi connectivity index (χ2v) is 5.48. The van der Waals surface area contributed by atoms with Crippen molar-refractivity contribution in [2.45, 2.75) is 31.8 Å². The summed E-state index contributed by atoms with van der Waals surface area (Å²) in [6.07, 6.45) is 4.28. The molecule has 1 aliphatic rings. The first-order valence-corrected chi connectivity index (χ1v) is 7.09. The van der Waals surface area contributed by atoms with E-state index in [2.05, 4.69) is 20.9 Å². The van der Waals surface area contributed by atoms with Crippen molar-refractivity contribution in [3.8, 4) is 0 Å². The second-order valence-electron chi connectivity index (χ2n) is 5.48. The largest absolute Gasteiger partial charge is 0.393 e. The Labute approximate surface area is 113 Å². The number of aliphatic hydroxyl groups excluding tert-OH is 1. The van der Waals surface area contributed by atoms with Crippen LogP contribution in [-0.2, 0) is 7.05 Å². The van der Waals surface area contributed by atoms with Crippen molar-refractivity contribution in [1.29, 1.82) is 0 Å². The highest BCUT2D eigenvalue weighted by Crippen LogP contribution is 2.25. The van der Waals surface area contributed by atoms with E-state index in [0.29, 0.717) is 5.92 Å². The Balaban J connectivity index is 1.73. The molecule has 1 heterocycles. The van der Waals surface area contributed by atoms with Gasteiger partial charge in [0.15, 0.2) is 0 Å². The van der Waals surface area contributed by atoms with E-state index in [1.54, 1.807) is 0 Å². The van der Waals surface area contributed by atoms with Gasteiger partial charge in [-0.05, 0) is 25.0 Å². The quantitative estimate of drug-likeness (QED) is 0.890. The lowest BCUT2D eigenvalue weighted by atomic mass is 9.86. The minimum Gasteiger partial charge on any atom is -0.393 e. The average molecular weight is 259 g/mol. The van der Waals surface area contributed by atoms with Crippen LogP contribution in [0.5, 0.6) is 0 Å². The summed E-state index contributed by atoms with van der Waals surface area (Å²) in [7, 11) is 2.02. The van der Waals surface area contributed by atoms with Gasteiger partial charge in [0, 0.05) is 19.5 Å². The van der Waals surface area contributed by atoms with Gasteiger partial charge in [-0.15, -0.1) is 0 Å². The summed E-state index contributed by atoms with van der Waals surface area (Å²) in [5.74, 6) is 1.24. The van der Waals surface area contributed by atoms with Crippen LogP contribution in [0.1, 0.15) is 25.7 Å². The van der Waals surface area contributed by atoms with E-state index < -0.39 is 0 Å². The summed E-state index contributed by atoms with van der Waals surface area (Å²) in [6.45, 7) is 0.804. The lowest BCUT2D eigenvalue weighted by Crippen LogP contribution is -2.30. The van der Waals surface area contributed by atoms with Crippen LogP contribution in [0.3, 0.4) is 0 Å². The molecule has 4 nitrogen and oxygen atoms in total. The lowest BCUT2D eigenvalue weighted by molar-refractivity contribution is 0.0762. The van der Waals surface area contributed by atoms with Crippen molar-refractivity contribution in [2.75, 3.05) is 11.9 Å². The minimum atomic E-state index is -0.157. The van der Waals surface area contributed by atoms with Gasteiger partial charge in [0.25, 0.3) is 0 Å². The van der Waals surface area contributed by atoms with Gasteiger partial charge in [0.05, 0.1) is 17.1 Å². The fourth-order valence-corrected chi connectivity index (χ4v) is 2.95. The number of imidazole rings is 1. The Morgan fingerprint density at radius 2 is 2.11 bits per heavy atom. The summed E-state index contributed by atoms with van der Waals surface area (Å²) in [6, 6.07) is 8.13. The predicted octanol–water partition coefficient (Wildman–Crippen LogP) is 2.54. The Morgan fingerprint density at radius 3 is 2.89 bits per heavy atom. The van der Waals surface area contributed by atoms with Crippen LogP contribution in [0.2, 0.25) is 0 Å². The zero-order valence-electron chi connectivity index (χ0n) is 11.3. The highest BCUT2D eigenvalue weighted by molar-refractivity contribution is 5.78. The fraction of sp³-hybridized carbons (Fsp3) is 0.533. The Hall–Kier alpha value is -1.55. The van der Waals surface area contributed by atoms with Crippen molar-refractivity contribution < 1.29 is 5.11 Å². The number of para-hydroxylation sites is 2.